The monoisotopic (exact) mass is 709 g/mol. The number of nitrogens with one attached hydrogen (secondary N) is 1. The van der Waals surface area contributed by atoms with Crippen molar-refractivity contribution in [2.45, 2.75) is 51.6 Å². The molecule has 4 aromatic rings. The Hall–Kier alpha value is -4.05. The van der Waals surface area contributed by atoms with E-state index in [1.807, 2.05) is 51.1 Å². The second kappa shape index (κ2) is 16.9. The molecule has 0 saturated carbocycles. The van der Waals surface area contributed by atoms with Crippen molar-refractivity contribution < 1.29 is 22.7 Å². The van der Waals surface area contributed by atoms with E-state index in [9.17, 15) is 18.0 Å². The Kier molecular flexibility index (Phi) is 12.9. The molecule has 0 spiro atoms. The average molecular weight is 711 g/mol. The second-order valence-corrected chi connectivity index (χ2v) is 14.5. The molecule has 2 amide bonds. The summed E-state index contributed by atoms with van der Waals surface area (Å²) in [4.78, 5) is 30.1. The molecule has 1 atom stereocenters. The van der Waals surface area contributed by atoms with Gasteiger partial charge in [0.1, 0.15) is 18.3 Å². The molecule has 0 aliphatic heterocycles. The van der Waals surface area contributed by atoms with E-state index in [0.29, 0.717) is 27.9 Å². The van der Waals surface area contributed by atoms with E-state index in [1.54, 1.807) is 61.5 Å². The fourth-order valence-electron chi connectivity index (χ4n) is 5.12. The molecule has 1 N–H and O–H groups in total. The van der Waals surface area contributed by atoms with Crippen LogP contribution in [0.5, 0.6) is 5.75 Å². The number of nitrogens with zero attached hydrogens (tertiary/aromatic N) is 2. The van der Waals surface area contributed by atoms with Crippen LogP contribution in [0.4, 0.5) is 5.69 Å². The molecule has 0 radical (unpaired) electrons. The number of halogens is 2. The molecule has 4 rings (SSSR count). The molecule has 48 heavy (non-hydrogen) atoms. The highest BCUT2D eigenvalue weighted by Gasteiger charge is 2.36. The maximum Gasteiger partial charge on any atom is 0.264 e. The molecule has 0 unspecified atom stereocenters. The van der Waals surface area contributed by atoms with Gasteiger partial charge in [0.2, 0.25) is 11.8 Å². The maximum atomic E-state index is 14.7. The lowest BCUT2D eigenvalue weighted by Gasteiger charge is -2.34. The molecule has 0 saturated heterocycles. The third-order valence-corrected chi connectivity index (χ3v) is 10.1. The molecule has 0 aliphatic rings. The van der Waals surface area contributed by atoms with E-state index in [4.69, 9.17) is 27.9 Å². The summed E-state index contributed by atoms with van der Waals surface area (Å²) in [6.45, 7) is 7.48. The number of hydrogen-bond acceptors (Lipinski definition) is 5. The maximum absolute atomic E-state index is 14.7. The largest absolute Gasteiger partial charge is 0.492 e. The fourth-order valence-corrected chi connectivity index (χ4v) is 7.06. The lowest BCUT2D eigenvalue weighted by atomic mass is 10.0. The van der Waals surface area contributed by atoms with E-state index in [1.165, 1.54) is 17.0 Å². The second-order valence-electron chi connectivity index (χ2n) is 11.8. The van der Waals surface area contributed by atoms with Crippen molar-refractivity contribution in [2.75, 3.05) is 24.0 Å². The summed E-state index contributed by atoms with van der Waals surface area (Å²) >= 11 is 13.2. The highest BCUT2D eigenvalue weighted by Crippen LogP contribution is 2.34. The summed E-state index contributed by atoms with van der Waals surface area (Å²) in [5.41, 5.74) is 2.32. The van der Waals surface area contributed by atoms with Crippen LogP contribution in [0, 0.1) is 12.8 Å². The van der Waals surface area contributed by atoms with Crippen LogP contribution in [0.15, 0.2) is 102 Å². The Morgan fingerprint density at radius 1 is 0.854 bits per heavy atom. The third kappa shape index (κ3) is 9.30. The zero-order chi connectivity index (χ0) is 34.8. The molecular formula is C37H41Cl2N3O5S. The van der Waals surface area contributed by atoms with E-state index < -0.39 is 28.5 Å². The lowest BCUT2D eigenvalue weighted by Crippen LogP contribution is -2.53. The Labute approximate surface area is 293 Å². The van der Waals surface area contributed by atoms with Crippen molar-refractivity contribution in [3.05, 3.63) is 124 Å². The minimum absolute atomic E-state index is 0.00316. The van der Waals surface area contributed by atoms with Crippen molar-refractivity contribution in [1.29, 1.82) is 0 Å². The van der Waals surface area contributed by atoms with Crippen LogP contribution in [0.2, 0.25) is 10.0 Å². The van der Waals surface area contributed by atoms with Crippen LogP contribution in [0.25, 0.3) is 0 Å². The standard InChI is InChI=1S/C37H41Cl2N3O5S/c1-5-47-35-17-10-9-16-33(35)42(48(45,46)29-20-18-27(4)19-21-29)25-36(43)41(24-30-31(38)14-11-15-32(30)39)34(37(44)40-23-26(2)3)22-28-12-7-6-8-13-28/h6-21,26,34H,5,22-25H2,1-4H3,(H,40,44)/t34-/m0/s1. The van der Waals surface area contributed by atoms with Crippen molar-refractivity contribution >= 4 is 50.7 Å². The first-order valence-corrected chi connectivity index (χ1v) is 18.0. The normalized spacial score (nSPS) is 12.0. The van der Waals surface area contributed by atoms with Gasteiger partial charge in [0.25, 0.3) is 10.0 Å². The number of aryl methyl sites for hydroxylation is 1. The van der Waals surface area contributed by atoms with Crippen molar-refractivity contribution in [1.82, 2.24) is 10.2 Å². The number of amides is 2. The Bertz CT molecular complexity index is 1780. The molecular weight excluding hydrogens is 669 g/mol. The topological polar surface area (TPSA) is 96.0 Å². The van der Waals surface area contributed by atoms with Crippen LogP contribution in [0.1, 0.15) is 37.5 Å². The summed E-state index contributed by atoms with van der Waals surface area (Å²) in [5, 5.41) is 3.60. The predicted molar refractivity (Wildman–Crippen MR) is 192 cm³/mol. The number of carbonyl (C=O) groups excluding carboxylic acids is 2. The zero-order valence-corrected chi connectivity index (χ0v) is 29.9. The third-order valence-electron chi connectivity index (χ3n) is 7.67. The SMILES string of the molecule is CCOc1ccccc1N(CC(=O)N(Cc1c(Cl)cccc1Cl)[C@@H](Cc1ccccc1)C(=O)NCC(C)C)S(=O)(=O)c1ccc(C)cc1. The number of ether oxygens (including phenoxy) is 1. The Balaban J connectivity index is 1.87. The first kappa shape index (κ1) is 36.8. The number of anilines is 1. The number of benzene rings is 4. The molecule has 4 aromatic carbocycles. The van der Waals surface area contributed by atoms with Crippen molar-refractivity contribution in [3.8, 4) is 5.75 Å². The van der Waals surface area contributed by atoms with Gasteiger partial charge in [-0.15, -0.1) is 0 Å². The van der Waals surface area contributed by atoms with Crippen LogP contribution in [-0.4, -0.2) is 50.9 Å². The summed E-state index contributed by atoms with van der Waals surface area (Å²) in [6, 6.07) is 26.4. The van der Waals surface area contributed by atoms with Crippen LogP contribution < -0.4 is 14.4 Å². The minimum Gasteiger partial charge on any atom is -0.492 e. The van der Waals surface area contributed by atoms with Gasteiger partial charge in [-0.2, -0.15) is 0 Å². The van der Waals surface area contributed by atoms with Crippen LogP contribution in [-0.2, 0) is 32.6 Å². The fraction of sp³-hybridized carbons (Fsp3) is 0.297. The first-order chi connectivity index (χ1) is 22.9. The van der Waals surface area contributed by atoms with Crippen molar-refractivity contribution in [2.24, 2.45) is 5.92 Å². The van der Waals surface area contributed by atoms with Gasteiger partial charge >= 0.3 is 0 Å². The molecule has 8 nitrogen and oxygen atoms in total. The van der Waals surface area contributed by atoms with E-state index >= 15 is 0 Å². The van der Waals surface area contributed by atoms with Crippen molar-refractivity contribution in [3.63, 3.8) is 0 Å². The number of para-hydroxylation sites is 2. The van der Waals surface area contributed by atoms with Gasteiger partial charge < -0.3 is 15.0 Å². The number of sulfonamides is 1. The summed E-state index contributed by atoms with van der Waals surface area (Å²) in [7, 11) is -4.30. The zero-order valence-electron chi connectivity index (χ0n) is 27.5. The number of carbonyl (C=O) groups is 2. The van der Waals surface area contributed by atoms with Gasteiger partial charge in [-0.3, -0.25) is 13.9 Å². The van der Waals surface area contributed by atoms with Crippen LogP contribution >= 0.6 is 23.2 Å². The summed E-state index contributed by atoms with van der Waals surface area (Å²) in [6.07, 6.45) is 0.166. The summed E-state index contributed by atoms with van der Waals surface area (Å²) < 4.78 is 35.6. The highest BCUT2D eigenvalue weighted by molar-refractivity contribution is 7.92. The Morgan fingerprint density at radius 3 is 2.10 bits per heavy atom. The molecule has 0 heterocycles. The molecule has 0 bridgehead atoms. The number of rotatable bonds is 15. The molecule has 254 valence electrons. The van der Waals surface area contributed by atoms with E-state index in [-0.39, 0.29) is 42.0 Å². The van der Waals surface area contributed by atoms with Gasteiger partial charge in [-0.1, -0.05) is 103 Å². The molecule has 0 aliphatic carbocycles. The Morgan fingerprint density at radius 2 is 1.48 bits per heavy atom. The first-order valence-electron chi connectivity index (χ1n) is 15.8. The van der Waals surface area contributed by atoms with Gasteiger partial charge in [-0.05, 0) is 61.7 Å². The van der Waals surface area contributed by atoms with E-state index in [0.717, 1.165) is 15.4 Å². The lowest BCUT2D eigenvalue weighted by molar-refractivity contribution is -0.140. The summed E-state index contributed by atoms with van der Waals surface area (Å²) in [5.74, 6) is -0.571. The highest BCUT2D eigenvalue weighted by atomic mass is 35.5. The molecule has 0 aromatic heterocycles. The van der Waals surface area contributed by atoms with Gasteiger partial charge in [0.05, 0.1) is 17.2 Å². The predicted octanol–water partition coefficient (Wildman–Crippen LogP) is 7.31. The molecule has 0 fully saturated rings. The molecule has 11 heteroatoms. The van der Waals surface area contributed by atoms with E-state index in [2.05, 4.69) is 5.32 Å². The van der Waals surface area contributed by atoms with Gasteiger partial charge in [0, 0.05) is 35.1 Å². The number of hydrogen-bond donors (Lipinski definition) is 1. The minimum atomic E-state index is -4.30. The van der Waals surface area contributed by atoms with Gasteiger partial charge in [0.15, 0.2) is 0 Å². The quantitative estimate of drug-likeness (QED) is 0.140. The van der Waals surface area contributed by atoms with Gasteiger partial charge in [-0.25, -0.2) is 8.42 Å². The smallest absolute Gasteiger partial charge is 0.264 e. The van der Waals surface area contributed by atoms with Crippen LogP contribution in [0.3, 0.4) is 0 Å². The average Bonchev–Trinajstić information content (AvgIpc) is 3.06.